The van der Waals surface area contributed by atoms with Crippen molar-refractivity contribution in [3.05, 3.63) is 119 Å². The van der Waals surface area contributed by atoms with Crippen LogP contribution in [0.3, 0.4) is 0 Å². The topological polar surface area (TPSA) is 45.7 Å². The average molecular weight is 672 g/mol. The molecule has 1 aromatic heterocycles. The molecule has 0 unspecified atom stereocenters. The molecule has 1 aliphatic heterocycles. The molecule has 1 amide bonds. The fourth-order valence-corrected chi connectivity index (χ4v) is 6.04. The van der Waals surface area contributed by atoms with Gasteiger partial charge in [-0.1, -0.05) is 89.4 Å². The van der Waals surface area contributed by atoms with Crippen molar-refractivity contribution in [2.45, 2.75) is 79.7 Å². The first-order valence-corrected chi connectivity index (χ1v) is 18.5. The summed E-state index contributed by atoms with van der Waals surface area (Å²) < 4.78 is 5.33. The number of benzene rings is 3. The third-order valence-corrected chi connectivity index (χ3v) is 9.54. The number of nitrogens with zero attached hydrogens (tertiary/aromatic N) is 3. The second kappa shape index (κ2) is 19.7. The van der Waals surface area contributed by atoms with Crippen LogP contribution in [0.1, 0.15) is 93.0 Å². The fraction of sp³-hybridized carbons (Fsp3) is 0.422. The summed E-state index contributed by atoms with van der Waals surface area (Å²) in [4.78, 5) is 23.2. The van der Waals surface area contributed by atoms with E-state index in [9.17, 15) is 4.79 Å². The molecule has 1 fully saturated rings. The van der Waals surface area contributed by atoms with Crippen molar-refractivity contribution in [1.29, 1.82) is 0 Å². The highest BCUT2D eigenvalue weighted by Gasteiger charge is 2.28. The van der Waals surface area contributed by atoms with E-state index in [1.807, 2.05) is 54.6 Å². The van der Waals surface area contributed by atoms with Crippen molar-refractivity contribution in [2.75, 3.05) is 33.3 Å². The number of pyridine rings is 1. The number of piperidine rings is 1. The lowest BCUT2D eigenvalue weighted by Gasteiger charge is -2.39. The number of methoxy groups -OCH3 is 1. The molecule has 4 aromatic rings. The van der Waals surface area contributed by atoms with Gasteiger partial charge in [0.25, 0.3) is 5.91 Å². The minimum atomic E-state index is 0.0868. The first kappa shape index (κ1) is 38.4. The van der Waals surface area contributed by atoms with E-state index in [1.54, 1.807) is 13.3 Å². The lowest BCUT2D eigenvalue weighted by atomic mass is 9.96. The minimum Gasteiger partial charge on any atom is -0.497 e. The van der Waals surface area contributed by atoms with Crippen molar-refractivity contribution >= 4 is 5.91 Å². The van der Waals surface area contributed by atoms with Gasteiger partial charge in [0, 0.05) is 43.0 Å². The van der Waals surface area contributed by atoms with Gasteiger partial charge in [0.15, 0.2) is 0 Å². The van der Waals surface area contributed by atoms with E-state index >= 15 is 0 Å². The lowest BCUT2D eigenvalue weighted by molar-refractivity contribution is 0.0572. The van der Waals surface area contributed by atoms with Crippen molar-refractivity contribution in [3.63, 3.8) is 0 Å². The van der Waals surface area contributed by atoms with E-state index in [1.165, 1.54) is 35.1 Å². The number of hydrogen-bond donors (Lipinski definition) is 0. The molecule has 2 heterocycles. The summed E-state index contributed by atoms with van der Waals surface area (Å²) in [5.74, 6) is 8.85. The minimum absolute atomic E-state index is 0.0868. The summed E-state index contributed by atoms with van der Waals surface area (Å²) in [5, 5.41) is 0. The SMILES string of the molecule is CCC(C)C.COc1ccc(-c2ccc(CCN(C(=O)c3cccc(C#Cc4ccccn4)c3)C3CCN(CCC(C)C)CC3)cc2C)cc1. The van der Waals surface area contributed by atoms with E-state index in [0.29, 0.717) is 23.7 Å². The molecule has 0 aliphatic carbocycles. The number of amides is 1. The van der Waals surface area contributed by atoms with Crippen LogP contribution >= 0.6 is 0 Å². The molecule has 5 heteroatoms. The van der Waals surface area contributed by atoms with Crippen molar-refractivity contribution in [1.82, 2.24) is 14.8 Å². The Labute approximate surface area is 302 Å². The van der Waals surface area contributed by atoms with Crippen LogP contribution in [0.25, 0.3) is 11.1 Å². The Kier molecular flexibility index (Phi) is 15.1. The Balaban J connectivity index is 0.00000105. The monoisotopic (exact) mass is 671 g/mol. The second-order valence-corrected chi connectivity index (χ2v) is 14.2. The Morgan fingerprint density at radius 2 is 1.66 bits per heavy atom. The molecule has 264 valence electrons. The maximum Gasteiger partial charge on any atom is 0.254 e. The highest BCUT2D eigenvalue weighted by Crippen LogP contribution is 2.27. The van der Waals surface area contributed by atoms with Crippen molar-refractivity contribution in [2.24, 2.45) is 11.8 Å². The molecular weight excluding hydrogens is 615 g/mol. The number of aryl methyl sites for hydroxylation is 1. The predicted molar refractivity (Wildman–Crippen MR) is 209 cm³/mol. The number of hydrogen-bond acceptors (Lipinski definition) is 4. The summed E-state index contributed by atoms with van der Waals surface area (Å²) in [5.41, 5.74) is 7.09. The molecule has 0 spiro atoms. The van der Waals surface area contributed by atoms with Crippen LogP contribution in [0, 0.1) is 30.6 Å². The Bertz CT molecular complexity index is 1680. The van der Waals surface area contributed by atoms with E-state index < -0.39 is 0 Å². The molecular formula is C45H57N3O2. The summed E-state index contributed by atoms with van der Waals surface area (Å²) in [6.07, 6.45) is 7.06. The second-order valence-electron chi connectivity index (χ2n) is 14.2. The Hall–Kier alpha value is -4.40. The number of ether oxygens (including phenoxy) is 1. The molecule has 0 radical (unpaired) electrons. The smallest absolute Gasteiger partial charge is 0.254 e. The van der Waals surface area contributed by atoms with Gasteiger partial charge in [-0.3, -0.25) is 4.79 Å². The molecule has 0 atom stereocenters. The van der Waals surface area contributed by atoms with Gasteiger partial charge in [-0.05, 0) is 122 Å². The van der Waals surface area contributed by atoms with Gasteiger partial charge in [-0.2, -0.15) is 0 Å². The third-order valence-electron chi connectivity index (χ3n) is 9.54. The van der Waals surface area contributed by atoms with Gasteiger partial charge in [0.1, 0.15) is 11.4 Å². The number of carbonyl (C=O) groups is 1. The molecule has 1 saturated heterocycles. The number of rotatable bonds is 11. The van der Waals surface area contributed by atoms with Gasteiger partial charge in [0.2, 0.25) is 0 Å². The van der Waals surface area contributed by atoms with Crippen molar-refractivity contribution < 1.29 is 9.53 Å². The summed E-state index contributed by atoms with van der Waals surface area (Å²) in [7, 11) is 1.69. The zero-order chi connectivity index (χ0) is 35.9. The Morgan fingerprint density at radius 1 is 0.920 bits per heavy atom. The first-order chi connectivity index (χ1) is 24.2. The zero-order valence-corrected chi connectivity index (χ0v) is 31.4. The molecule has 0 bridgehead atoms. The van der Waals surface area contributed by atoms with Crippen LogP contribution in [-0.2, 0) is 6.42 Å². The molecule has 1 aliphatic rings. The van der Waals surface area contributed by atoms with E-state index in [-0.39, 0.29) is 11.9 Å². The molecule has 5 rings (SSSR count). The normalized spacial score (nSPS) is 13.3. The van der Waals surface area contributed by atoms with Gasteiger partial charge in [0.05, 0.1) is 7.11 Å². The quantitative estimate of drug-likeness (QED) is 0.149. The van der Waals surface area contributed by atoms with E-state index in [4.69, 9.17) is 4.74 Å². The van der Waals surface area contributed by atoms with Crippen LogP contribution in [0.4, 0.5) is 0 Å². The van der Waals surface area contributed by atoms with E-state index in [2.05, 4.69) is 98.5 Å². The number of likely N-dealkylation sites (tertiary alicyclic amines) is 1. The Morgan fingerprint density at radius 3 is 2.28 bits per heavy atom. The summed E-state index contributed by atoms with van der Waals surface area (Å²) in [6, 6.07) is 28.5. The predicted octanol–water partition coefficient (Wildman–Crippen LogP) is 9.71. The first-order valence-electron chi connectivity index (χ1n) is 18.5. The summed E-state index contributed by atoms with van der Waals surface area (Å²) in [6.45, 7) is 17.3. The van der Waals surface area contributed by atoms with Gasteiger partial charge in [-0.15, -0.1) is 0 Å². The molecule has 5 nitrogen and oxygen atoms in total. The largest absolute Gasteiger partial charge is 0.497 e. The van der Waals surface area contributed by atoms with Gasteiger partial charge < -0.3 is 14.5 Å². The fourth-order valence-electron chi connectivity index (χ4n) is 6.04. The number of aromatic nitrogens is 1. The lowest BCUT2D eigenvalue weighted by Crippen LogP contribution is -2.48. The summed E-state index contributed by atoms with van der Waals surface area (Å²) >= 11 is 0. The average Bonchev–Trinajstić information content (AvgIpc) is 3.14. The maximum absolute atomic E-state index is 14.2. The van der Waals surface area contributed by atoms with Crippen LogP contribution in [0.2, 0.25) is 0 Å². The molecule has 0 N–H and O–H groups in total. The maximum atomic E-state index is 14.2. The van der Waals surface area contributed by atoms with Crippen LogP contribution < -0.4 is 4.74 Å². The van der Waals surface area contributed by atoms with Crippen LogP contribution in [0.15, 0.2) is 91.1 Å². The highest BCUT2D eigenvalue weighted by molar-refractivity contribution is 5.95. The molecule has 50 heavy (non-hydrogen) atoms. The van der Waals surface area contributed by atoms with Crippen LogP contribution in [0.5, 0.6) is 5.75 Å². The molecule has 0 saturated carbocycles. The van der Waals surface area contributed by atoms with Gasteiger partial charge in [-0.25, -0.2) is 4.98 Å². The highest BCUT2D eigenvalue weighted by atomic mass is 16.5. The van der Waals surface area contributed by atoms with Gasteiger partial charge >= 0.3 is 0 Å². The number of carbonyl (C=O) groups excluding carboxylic acids is 1. The standard InChI is InChI=1S/C40H45N3O2.C5H12/c1-30(2)19-24-42-25-21-37(22-26-42)43(40(44)35-9-7-8-32(29-35)11-15-36-10-5-6-23-41-36)27-20-33-12-18-39(31(3)28-33)34-13-16-38(45-4)17-14-34;1-4-5(2)3/h5-10,12-14,16-18,23,28-30,37H,19-22,24-27H2,1-4H3;5H,4H2,1-3H3. The van der Waals surface area contributed by atoms with Crippen molar-refractivity contribution in [3.8, 4) is 28.7 Å². The molecule has 3 aromatic carbocycles. The third kappa shape index (κ3) is 11.9. The zero-order valence-electron chi connectivity index (χ0n) is 31.4. The van der Waals surface area contributed by atoms with Crippen LogP contribution in [-0.4, -0.2) is 60.0 Å². The van der Waals surface area contributed by atoms with E-state index in [0.717, 1.165) is 56.1 Å².